The molecule has 1 N–H and O–H groups in total. The highest BCUT2D eigenvalue weighted by Crippen LogP contribution is 2.14. The predicted molar refractivity (Wildman–Crippen MR) is 87.7 cm³/mol. The number of halogens is 2. The molecule has 2 aromatic rings. The lowest BCUT2D eigenvalue weighted by Gasteiger charge is -2.17. The molecule has 0 radical (unpaired) electrons. The summed E-state index contributed by atoms with van der Waals surface area (Å²) in [6.07, 6.45) is 0.0876. The van der Waals surface area contributed by atoms with Crippen LogP contribution in [0.1, 0.15) is 5.56 Å². The van der Waals surface area contributed by atoms with E-state index in [1.165, 1.54) is 7.11 Å². The van der Waals surface area contributed by atoms with Gasteiger partial charge >= 0.3 is 5.97 Å². The Bertz CT molecular complexity index is 807. The highest BCUT2D eigenvalue weighted by atomic mass is 35.5. The van der Waals surface area contributed by atoms with Crippen LogP contribution in [-0.2, 0) is 26.0 Å². The van der Waals surface area contributed by atoms with Crippen molar-refractivity contribution in [1.82, 2.24) is 4.72 Å². The highest BCUT2D eigenvalue weighted by Gasteiger charge is 2.26. The molecule has 1 unspecified atom stereocenters. The van der Waals surface area contributed by atoms with Crippen LogP contribution in [0.4, 0.5) is 4.39 Å². The van der Waals surface area contributed by atoms with Gasteiger partial charge in [-0.05, 0) is 48.4 Å². The van der Waals surface area contributed by atoms with Gasteiger partial charge in [-0.3, -0.25) is 4.79 Å². The van der Waals surface area contributed by atoms with Crippen molar-refractivity contribution in [3.63, 3.8) is 0 Å². The number of hydrogen-bond donors (Lipinski definition) is 1. The van der Waals surface area contributed by atoms with E-state index in [2.05, 4.69) is 9.46 Å². The zero-order valence-electron chi connectivity index (χ0n) is 12.7. The molecule has 0 aliphatic heterocycles. The molecule has 0 amide bonds. The summed E-state index contributed by atoms with van der Waals surface area (Å²) >= 11 is 5.80. The van der Waals surface area contributed by atoms with Crippen LogP contribution >= 0.6 is 11.6 Å². The van der Waals surface area contributed by atoms with Gasteiger partial charge in [0.15, 0.2) is 0 Å². The van der Waals surface area contributed by atoms with E-state index in [9.17, 15) is 17.6 Å². The van der Waals surface area contributed by atoms with Crippen molar-refractivity contribution in [2.24, 2.45) is 0 Å². The highest BCUT2D eigenvalue weighted by molar-refractivity contribution is 7.89. The summed E-state index contributed by atoms with van der Waals surface area (Å²) < 4.78 is 44.6. The lowest BCUT2D eigenvalue weighted by molar-refractivity contribution is -0.142. The molecule has 0 aliphatic rings. The zero-order valence-corrected chi connectivity index (χ0v) is 14.3. The van der Waals surface area contributed by atoms with Gasteiger partial charge in [-0.25, -0.2) is 12.8 Å². The third-order valence-electron chi connectivity index (χ3n) is 3.26. The molecule has 2 rings (SSSR count). The number of ether oxygens (including phenoxy) is 1. The first-order valence-corrected chi connectivity index (χ1v) is 8.78. The number of carbonyl (C=O) groups excluding carboxylic acids is 1. The minimum absolute atomic E-state index is 0.0876. The Kier molecular flexibility index (Phi) is 5.93. The van der Waals surface area contributed by atoms with E-state index < -0.39 is 27.9 Å². The lowest BCUT2D eigenvalue weighted by atomic mass is 10.1. The molecular weight excluding hydrogens is 357 g/mol. The molecule has 0 saturated carbocycles. The van der Waals surface area contributed by atoms with E-state index >= 15 is 0 Å². The zero-order chi connectivity index (χ0) is 17.7. The smallest absolute Gasteiger partial charge is 0.324 e. The molecule has 5 nitrogen and oxygen atoms in total. The van der Waals surface area contributed by atoms with Crippen molar-refractivity contribution < 1.29 is 22.3 Å². The van der Waals surface area contributed by atoms with Crippen LogP contribution < -0.4 is 4.72 Å². The fraction of sp³-hybridized carbons (Fsp3) is 0.188. The maximum absolute atomic E-state index is 12.9. The van der Waals surface area contributed by atoms with Crippen LogP contribution in [0, 0.1) is 5.82 Å². The molecule has 2 aromatic carbocycles. The normalized spacial score (nSPS) is 12.6. The maximum atomic E-state index is 12.9. The van der Waals surface area contributed by atoms with Gasteiger partial charge in [0.2, 0.25) is 10.0 Å². The van der Waals surface area contributed by atoms with E-state index in [-0.39, 0.29) is 11.3 Å². The van der Waals surface area contributed by atoms with Crippen LogP contribution in [0.15, 0.2) is 53.4 Å². The molecular formula is C16H15ClFNO4S. The monoisotopic (exact) mass is 371 g/mol. The first kappa shape index (κ1) is 18.4. The number of carbonyl (C=O) groups is 1. The Morgan fingerprint density at radius 1 is 1.17 bits per heavy atom. The van der Waals surface area contributed by atoms with Crippen LogP contribution in [0.3, 0.4) is 0 Å². The van der Waals surface area contributed by atoms with Crippen LogP contribution in [0.25, 0.3) is 0 Å². The molecule has 1 atom stereocenters. The molecule has 0 aromatic heterocycles. The minimum Gasteiger partial charge on any atom is -0.468 e. The quantitative estimate of drug-likeness (QED) is 0.792. The molecule has 0 saturated heterocycles. The summed E-state index contributed by atoms with van der Waals surface area (Å²) in [6, 6.07) is 9.82. The second-order valence-corrected chi connectivity index (χ2v) is 7.13. The van der Waals surface area contributed by atoms with Gasteiger partial charge in [-0.15, -0.1) is 0 Å². The van der Waals surface area contributed by atoms with E-state index in [1.54, 1.807) is 24.3 Å². The standard InChI is InChI=1S/C16H15ClFNO4S/c1-23-16(20)15(10-11-2-4-12(17)5-3-11)19-24(21,22)14-8-6-13(18)7-9-14/h2-9,15,19H,10H2,1H3. The Labute approximate surface area is 144 Å². The van der Waals surface area contributed by atoms with E-state index in [0.717, 1.165) is 24.3 Å². The Hall–Kier alpha value is -1.96. The third kappa shape index (κ3) is 4.77. The van der Waals surface area contributed by atoms with Crippen molar-refractivity contribution in [2.75, 3.05) is 7.11 Å². The molecule has 0 fully saturated rings. The number of rotatable bonds is 6. The average molecular weight is 372 g/mol. The van der Waals surface area contributed by atoms with Crippen molar-refractivity contribution in [3.05, 3.63) is 64.9 Å². The van der Waals surface area contributed by atoms with Gasteiger partial charge in [0.1, 0.15) is 11.9 Å². The second kappa shape index (κ2) is 7.74. The maximum Gasteiger partial charge on any atom is 0.324 e. The molecule has 128 valence electrons. The van der Waals surface area contributed by atoms with Crippen LogP contribution in [0.5, 0.6) is 0 Å². The lowest BCUT2D eigenvalue weighted by Crippen LogP contribution is -2.42. The fourth-order valence-electron chi connectivity index (χ4n) is 2.04. The first-order valence-electron chi connectivity index (χ1n) is 6.92. The van der Waals surface area contributed by atoms with Gasteiger partial charge in [0.25, 0.3) is 0 Å². The SMILES string of the molecule is COC(=O)C(Cc1ccc(Cl)cc1)NS(=O)(=O)c1ccc(F)cc1. The van der Waals surface area contributed by atoms with Gasteiger partial charge in [0.05, 0.1) is 12.0 Å². The molecule has 0 aliphatic carbocycles. The van der Waals surface area contributed by atoms with Gasteiger partial charge in [0, 0.05) is 5.02 Å². The van der Waals surface area contributed by atoms with Crippen molar-refractivity contribution in [3.8, 4) is 0 Å². The largest absolute Gasteiger partial charge is 0.468 e. The van der Waals surface area contributed by atoms with E-state index in [4.69, 9.17) is 11.6 Å². The molecule has 24 heavy (non-hydrogen) atoms. The van der Waals surface area contributed by atoms with Crippen LogP contribution in [0.2, 0.25) is 5.02 Å². The third-order valence-corrected chi connectivity index (χ3v) is 5.00. The van der Waals surface area contributed by atoms with Crippen molar-refractivity contribution >= 4 is 27.6 Å². The summed E-state index contributed by atoms with van der Waals surface area (Å²) in [7, 11) is -2.83. The Morgan fingerprint density at radius 2 is 1.75 bits per heavy atom. The molecule has 0 heterocycles. The summed E-state index contributed by atoms with van der Waals surface area (Å²) in [5.41, 5.74) is 0.705. The summed E-state index contributed by atoms with van der Waals surface area (Å²) in [5.74, 6) is -1.28. The first-order chi connectivity index (χ1) is 11.3. The van der Waals surface area contributed by atoms with Crippen molar-refractivity contribution in [1.29, 1.82) is 0 Å². The summed E-state index contributed by atoms with van der Waals surface area (Å²) in [6.45, 7) is 0. The molecule has 8 heteroatoms. The molecule has 0 bridgehead atoms. The topological polar surface area (TPSA) is 72.5 Å². The number of hydrogen-bond acceptors (Lipinski definition) is 4. The summed E-state index contributed by atoms with van der Waals surface area (Å²) in [4.78, 5) is 11.8. The summed E-state index contributed by atoms with van der Waals surface area (Å²) in [5, 5.41) is 0.528. The Morgan fingerprint density at radius 3 is 2.29 bits per heavy atom. The predicted octanol–water partition coefficient (Wildman–Crippen LogP) is 2.54. The number of sulfonamides is 1. The van der Waals surface area contributed by atoms with Crippen LogP contribution in [-0.4, -0.2) is 27.5 Å². The van der Waals surface area contributed by atoms with E-state index in [0.29, 0.717) is 10.6 Å². The average Bonchev–Trinajstić information content (AvgIpc) is 2.55. The number of methoxy groups -OCH3 is 1. The minimum atomic E-state index is -4.00. The number of nitrogens with one attached hydrogen (secondary N) is 1. The van der Waals surface area contributed by atoms with E-state index in [1.807, 2.05) is 0 Å². The second-order valence-electron chi connectivity index (χ2n) is 4.98. The van der Waals surface area contributed by atoms with Gasteiger partial charge in [-0.2, -0.15) is 4.72 Å². The van der Waals surface area contributed by atoms with Gasteiger partial charge in [-0.1, -0.05) is 23.7 Å². The fourth-order valence-corrected chi connectivity index (χ4v) is 3.35. The number of benzene rings is 2. The van der Waals surface area contributed by atoms with Crippen molar-refractivity contribution in [2.45, 2.75) is 17.4 Å². The Balaban J connectivity index is 2.23. The van der Waals surface area contributed by atoms with Gasteiger partial charge < -0.3 is 4.74 Å². The number of esters is 1. The molecule has 0 spiro atoms.